The summed E-state index contributed by atoms with van der Waals surface area (Å²) in [6, 6.07) is 0. The molecule has 2 heterocycles. The maximum absolute atomic E-state index is 8.62. The van der Waals surface area contributed by atoms with Gasteiger partial charge in [0.1, 0.15) is 0 Å². The van der Waals surface area contributed by atoms with Crippen LogP contribution in [0.15, 0.2) is 0 Å². The van der Waals surface area contributed by atoms with Crippen molar-refractivity contribution in [1.82, 2.24) is 0 Å². The van der Waals surface area contributed by atoms with Gasteiger partial charge in [-0.2, -0.15) is 11.8 Å². The average molecular weight is 232 g/mol. The third kappa shape index (κ3) is 2.67. The summed E-state index contributed by atoms with van der Waals surface area (Å²) in [5.74, 6) is 0.595. The summed E-state index contributed by atoms with van der Waals surface area (Å²) in [5.41, 5.74) is 0. The van der Waals surface area contributed by atoms with Crippen LogP contribution in [0.2, 0.25) is 0 Å². The Hall–Kier alpha value is 0.230. The molecule has 2 bridgehead atoms. The van der Waals surface area contributed by atoms with E-state index in [1.807, 2.05) is 11.8 Å². The van der Waals surface area contributed by atoms with Crippen LogP contribution in [-0.2, 0) is 9.47 Å². The molecule has 2 saturated heterocycles. The molecule has 4 unspecified atom stereocenters. The predicted octanol–water partition coefficient (Wildman–Crippen LogP) is 1.29. The molecule has 2 aliphatic rings. The third-order valence-corrected chi connectivity index (χ3v) is 4.47. The van der Waals surface area contributed by atoms with Gasteiger partial charge in [0.2, 0.25) is 0 Å². The standard InChI is InChI=1S/C11H20O3S/c1-15-11-6-9-8(5-10(11)14-9)7-13-4-2-3-12/h8-12H,2-7H2,1H3. The van der Waals surface area contributed by atoms with Crippen molar-refractivity contribution in [2.24, 2.45) is 5.92 Å². The maximum atomic E-state index is 8.62. The van der Waals surface area contributed by atoms with Crippen LogP contribution in [0.1, 0.15) is 19.3 Å². The van der Waals surface area contributed by atoms with Crippen molar-refractivity contribution in [3.8, 4) is 0 Å². The second-order valence-electron chi connectivity index (χ2n) is 4.37. The molecular weight excluding hydrogens is 212 g/mol. The van der Waals surface area contributed by atoms with E-state index in [4.69, 9.17) is 14.6 Å². The van der Waals surface area contributed by atoms with Crippen LogP contribution in [-0.4, -0.2) is 48.6 Å². The number of thioether (sulfide) groups is 1. The third-order valence-electron chi connectivity index (χ3n) is 3.37. The summed E-state index contributed by atoms with van der Waals surface area (Å²) >= 11 is 1.93. The first kappa shape index (κ1) is 11.7. The fourth-order valence-corrected chi connectivity index (χ4v) is 3.40. The van der Waals surface area contributed by atoms with Crippen LogP contribution in [0.25, 0.3) is 0 Å². The average Bonchev–Trinajstić information content (AvgIpc) is 2.83. The minimum absolute atomic E-state index is 0.224. The Balaban J connectivity index is 1.66. The van der Waals surface area contributed by atoms with E-state index in [-0.39, 0.29) is 6.61 Å². The lowest BCUT2D eigenvalue weighted by atomic mass is 9.89. The molecule has 0 radical (unpaired) electrons. The first-order valence-electron chi connectivity index (χ1n) is 5.72. The molecule has 3 nitrogen and oxygen atoms in total. The molecular formula is C11H20O3S. The Kier molecular flexibility index (Phi) is 4.31. The minimum atomic E-state index is 0.224. The Morgan fingerprint density at radius 3 is 2.87 bits per heavy atom. The van der Waals surface area contributed by atoms with Crippen LogP contribution < -0.4 is 0 Å². The molecule has 4 heteroatoms. The highest BCUT2D eigenvalue weighted by Gasteiger charge is 2.46. The zero-order chi connectivity index (χ0) is 10.7. The number of fused-ring (bicyclic) bond motifs is 2. The largest absolute Gasteiger partial charge is 0.396 e. The van der Waals surface area contributed by atoms with Gasteiger partial charge in [-0.05, 0) is 25.5 Å². The molecule has 88 valence electrons. The van der Waals surface area contributed by atoms with E-state index in [0.717, 1.165) is 19.4 Å². The summed E-state index contributed by atoms with van der Waals surface area (Å²) in [4.78, 5) is 0. The molecule has 0 saturated carbocycles. The van der Waals surface area contributed by atoms with E-state index in [0.29, 0.717) is 30.0 Å². The monoisotopic (exact) mass is 232 g/mol. The van der Waals surface area contributed by atoms with E-state index in [9.17, 15) is 0 Å². The second kappa shape index (κ2) is 5.53. The molecule has 0 aromatic rings. The number of rotatable bonds is 6. The van der Waals surface area contributed by atoms with Gasteiger partial charge in [-0.3, -0.25) is 0 Å². The molecule has 2 fully saturated rings. The summed E-state index contributed by atoms with van der Waals surface area (Å²) < 4.78 is 11.4. The maximum Gasteiger partial charge on any atom is 0.0702 e. The number of aliphatic hydroxyl groups is 1. The van der Waals surface area contributed by atoms with E-state index >= 15 is 0 Å². The van der Waals surface area contributed by atoms with Crippen LogP contribution in [0.5, 0.6) is 0 Å². The number of aliphatic hydroxyl groups excluding tert-OH is 1. The fourth-order valence-electron chi connectivity index (χ4n) is 2.53. The summed E-state index contributed by atoms with van der Waals surface area (Å²) in [6.07, 6.45) is 6.17. The van der Waals surface area contributed by atoms with E-state index in [1.54, 1.807) is 0 Å². The van der Waals surface area contributed by atoms with Gasteiger partial charge in [-0.15, -0.1) is 0 Å². The molecule has 0 aliphatic carbocycles. The first-order chi connectivity index (χ1) is 7.35. The highest BCUT2D eigenvalue weighted by atomic mass is 32.2. The summed E-state index contributed by atoms with van der Waals surface area (Å²) in [5, 5.41) is 9.33. The Bertz CT molecular complexity index is 200. The second-order valence-corrected chi connectivity index (χ2v) is 5.45. The lowest BCUT2D eigenvalue weighted by Gasteiger charge is -2.23. The topological polar surface area (TPSA) is 38.7 Å². The van der Waals surface area contributed by atoms with E-state index < -0.39 is 0 Å². The van der Waals surface area contributed by atoms with Crippen molar-refractivity contribution >= 4 is 11.8 Å². The molecule has 4 atom stereocenters. The summed E-state index contributed by atoms with van der Waals surface area (Å²) in [6.45, 7) is 1.71. The first-order valence-corrected chi connectivity index (χ1v) is 7.00. The van der Waals surface area contributed by atoms with Crippen molar-refractivity contribution in [3.63, 3.8) is 0 Å². The zero-order valence-electron chi connectivity index (χ0n) is 9.22. The Labute approximate surface area is 95.5 Å². The fraction of sp³-hybridized carbons (Fsp3) is 1.00. The van der Waals surface area contributed by atoms with Crippen molar-refractivity contribution < 1.29 is 14.6 Å². The van der Waals surface area contributed by atoms with E-state index in [1.165, 1.54) is 6.42 Å². The molecule has 0 aromatic carbocycles. The van der Waals surface area contributed by atoms with Gasteiger partial charge in [-0.25, -0.2) is 0 Å². The SMILES string of the molecule is CSC1CC2OC1CC2COCCCO. The van der Waals surface area contributed by atoms with Gasteiger partial charge in [0.25, 0.3) is 0 Å². The minimum Gasteiger partial charge on any atom is -0.396 e. The summed E-state index contributed by atoms with van der Waals surface area (Å²) in [7, 11) is 0. The van der Waals surface area contributed by atoms with Crippen LogP contribution in [0, 0.1) is 5.92 Å². The Morgan fingerprint density at radius 1 is 1.40 bits per heavy atom. The van der Waals surface area contributed by atoms with Gasteiger partial charge in [0.15, 0.2) is 0 Å². The van der Waals surface area contributed by atoms with Gasteiger partial charge in [0, 0.05) is 24.4 Å². The van der Waals surface area contributed by atoms with Gasteiger partial charge < -0.3 is 14.6 Å². The van der Waals surface area contributed by atoms with Gasteiger partial charge in [-0.1, -0.05) is 0 Å². The number of hydrogen-bond donors (Lipinski definition) is 1. The van der Waals surface area contributed by atoms with Gasteiger partial charge >= 0.3 is 0 Å². The lowest BCUT2D eigenvalue weighted by Crippen LogP contribution is -2.28. The molecule has 15 heavy (non-hydrogen) atoms. The lowest BCUT2D eigenvalue weighted by molar-refractivity contribution is 0.0468. The molecule has 0 spiro atoms. The van der Waals surface area contributed by atoms with Crippen molar-refractivity contribution in [3.05, 3.63) is 0 Å². The van der Waals surface area contributed by atoms with Crippen molar-refractivity contribution in [1.29, 1.82) is 0 Å². The molecule has 0 aromatic heterocycles. The highest BCUT2D eigenvalue weighted by molar-refractivity contribution is 7.99. The molecule has 0 amide bonds. The Morgan fingerprint density at radius 2 is 2.27 bits per heavy atom. The smallest absolute Gasteiger partial charge is 0.0702 e. The predicted molar refractivity (Wildman–Crippen MR) is 61.2 cm³/mol. The molecule has 2 aliphatic heterocycles. The van der Waals surface area contributed by atoms with Crippen molar-refractivity contribution in [2.45, 2.75) is 36.7 Å². The number of ether oxygens (including phenoxy) is 2. The van der Waals surface area contributed by atoms with Crippen LogP contribution in [0.3, 0.4) is 0 Å². The zero-order valence-corrected chi connectivity index (χ0v) is 10.0. The van der Waals surface area contributed by atoms with Crippen LogP contribution >= 0.6 is 11.8 Å². The van der Waals surface area contributed by atoms with Crippen LogP contribution in [0.4, 0.5) is 0 Å². The highest BCUT2D eigenvalue weighted by Crippen LogP contribution is 2.43. The molecule has 1 N–H and O–H groups in total. The van der Waals surface area contributed by atoms with Crippen molar-refractivity contribution in [2.75, 3.05) is 26.1 Å². The number of hydrogen-bond acceptors (Lipinski definition) is 4. The molecule has 2 rings (SSSR count). The normalized spacial score (nSPS) is 38.8. The van der Waals surface area contributed by atoms with E-state index in [2.05, 4.69) is 6.26 Å². The van der Waals surface area contributed by atoms with Gasteiger partial charge in [0.05, 0.1) is 18.8 Å². The quantitative estimate of drug-likeness (QED) is 0.701.